The quantitative estimate of drug-likeness (QED) is 0.768. The van der Waals surface area contributed by atoms with Gasteiger partial charge in [-0.25, -0.2) is 17.1 Å². The Hall–Kier alpha value is -2.29. The molecular formula is C23H28FN3O3S. The zero-order valence-corrected chi connectivity index (χ0v) is 18.6. The average Bonchev–Trinajstić information content (AvgIpc) is 3.00. The zero-order valence-electron chi connectivity index (χ0n) is 17.8. The molecule has 0 aliphatic carbocycles. The van der Waals surface area contributed by atoms with Crippen molar-refractivity contribution < 1.29 is 17.6 Å². The third-order valence-electron chi connectivity index (χ3n) is 6.56. The molecule has 2 saturated heterocycles. The third-order valence-corrected chi connectivity index (χ3v) is 8.35. The number of nitrogens with one attached hydrogen (secondary N) is 1. The van der Waals surface area contributed by atoms with Gasteiger partial charge in [0.2, 0.25) is 15.9 Å². The molecule has 0 radical (unpaired) electrons. The molecule has 0 bridgehead atoms. The lowest BCUT2D eigenvalue weighted by Crippen LogP contribution is -2.61. The fraction of sp³-hybridized carbons (Fsp3) is 0.435. The maximum atomic E-state index is 14.1. The smallest absolute Gasteiger partial charge is 0.218 e. The summed E-state index contributed by atoms with van der Waals surface area (Å²) in [5.74, 6) is -1.12. The van der Waals surface area contributed by atoms with Crippen molar-refractivity contribution in [2.45, 2.75) is 30.7 Å². The molecule has 166 valence electrons. The minimum atomic E-state index is -3.71. The van der Waals surface area contributed by atoms with Crippen molar-refractivity contribution in [3.63, 3.8) is 0 Å². The number of likely N-dealkylation sites (N-methyl/N-ethyl adjacent to an activating group) is 1. The highest BCUT2D eigenvalue weighted by molar-refractivity contribution is 7.88. The molecule has 2 aliphatic heterocycles. The largest absolute Gasteiger partial charge is 0.349 e. The number of nitrogens with zero attached hydrogens (tertiary/aromatic N) is 2. The molecule has 2 heterocycles. The second-order valence-electron chi connectivity index (χ2n) is 8.67. The van der Waals surface area contributed by atoms with Crippen LogP contribution in [0.5, 0.6) is 0 Å². The van der Waals surface area contributed by atoms with Crippen LogP contribution in [0.15, 0.2) is 54.6 Å². The standard InChI is InChI=1S/C23H28FN3O3S/c1-17(28)25-23-12-13-27(31(29,30)15-19-10-6-7-11-21(19)24)14-20(23)22(26(2)16-23)18-8-4-3-5-9-18/h3-11,20,22H,12-16H2,1-2H3,(H,25,28)/t20-,22-,23-/m1/s1. The van der Waals surface area contributed by atoms with Crippen LogP contribution in [0, 0.1) is 11.7 Å². The molecule has 0 aromatic heterocycles. The first kappa shape index (κ1) is 21.9. The van der Waals surface area contributed by atoms with Crippen molar-refractivity contribution in [3.8, 4) is 0 Å². The van der Waals surface area contributed by atoms with Gasteiger partial charge in [-0.3, -0.25) is 9.69 Å². The molecule has 0 saturated carbocycles. The van der Waals surface area contributed by atoms with Crippen LogP contribution in [0.4, 0.5) is 4.39 Å². The molecule has 8 heteroatoms. The van der Waals surface area contributed by atoms with E-state index < -0.39 is 21.4 Å². The van der Waals surface area contributed by atoms with E-state index in [0.717, 1.165) is 5.56 Å². The average molecular weight is 446 g/mol. The molecule has 0 spiro atoms. The van der Waals surface area contributed by atoms with Gasteiger partial charge in [0, 0.05) is 44.1 Å². The number of carbonyl (C=O) groups is 1. The summed E-state index contributed by atoms with van der Waals surface area (Å²) in [4.78, 5) is 14.3. The fourth-order valence-corrected chi connectivity index (χ4v) is 6.85. The van der Waals surface area contributed by atoms with Gasteiger partial charge in [0.15, 0.2) is 0 Å². The van der Waals surface area contributed by atoms with Gasteiger partial charge in [-0.05, 0) is 25.1 Å². The van der Waals surface area contributed by atoms with Gasteiger partial charge in [0.05, 0.1) is 11.3 Å². The minimum Gasteiger partial charge on any atom is -0.349 e. The Kier molecular flexibility index (Phi) is 5.89. The summed E-state index contributed by atoms with van der Waals surface area (Å²) in [5.41, 5.74) is 0.769. The fourth-order valence-electron chi connectivity index (χ4n) is 5.28. The predicted octanol–water partition coefficient (Wildman–Crippen LogP) is 2.54. The number of rotatable bonds is 5. The van der Waals surface area contributed by atoms with Crippen molar-refractivity contribution in [1.29, 1.82) is 0 Å². The van der Waals surface area contributed by atoms with Gasteiger partial charge in [-0.15, -0.1) is 0 Å². The molecule has 2 fully saturated rings. The van der Waals surface area contributed by atoms with Crippen molar-refractivity contribution >= 4 is 15.9 Å². The lowest BCUT2D eigenvalue weighted by molar-refractivity contribution is -0.121. The Bertz CT molecular complexity index is 1060. The van der Waals surface area contributed by atoms with Gasteiger partial charge in [0.1, 0.15) is 5.82 Å². The highest BCUT2D eigenvalue weighted by Crippen LogP contribution is 2.47. The normalized spacial score (nSPS) is 27.1. The predicted molar refractivity (Wildman–Crippen MR) is 117 cm³/mol. The maximum Gasteiger partial charge on any atom is 0.218 e. The maximum absolute atomic E-state index is 14.1. The molecular weight excluding hydrogens is 417 g/mol. The number of sulfonamides is 1. The van der Waals surface area contributed by atoms with Crippen LogP contribution in [-0.4, -0.2) is 55.8 Å². The van der Waals surface area contributed by atoms with E-state index in [4.69, 9.17) is 0 Å². The van der Waals surface area contributed by atoms with Gasteiger partial charge >= 0.3 is 0 Å². The van der Waals surface area contributed by atoms with E-state index >= 15 is 0 Å². The van der Waals surface area contributed by atoms with Crippen LogP contribution in [0.25, 0.3) is 0 Å². The van der Waals surface area contributed by atoms with Crippen LogP contribution >= 0.6 is 0 Å². The summed E-state index contributed by atoms with van der Waals surface area (Å²) >= 11 is 0. The first-order chi connectivity index (χ1) is 14.7. The highest BCUT2D eigenvalue weighted by atomic mass is 32.2. The van der Waals surface area contributed by atoms with E-state index in [0.29, 0.717) is 19.5 Å². The molecule has 6 nitrogen and oxygen atoms in total. The number of carbonyl (C=O) groups excluding carboxylic acids is 1. The molecule has 4 rings (SSSR count). The number of piperidine rings is 1. The second kappa shape index (κ2) is 8.33. The number of hydrogen-bond acceptors (Lipinski definition) is 4. The van der Waals surface area contributed by atoms with E-state index in [2.05, 4.69) is 10.2 Å². The first-order valence-corrected chi connectivity index (χ1v) is 12.1. The Morgan fingerprint density at radius 2 is 1.84 bits per heavy atom. The van der Waals surface area contributed by atoms with Gasteiger partial charge in [0.25, 0.3) is 0 Å². The van der Waals surface area contributed by atoms with E-state index in [9.17, 15) is 17.6 Å². The molecule has 2 aromatic carbocycles. The molecule has 31 heavy (non-hydrogen) atoms. The van der Waals surface area contributed by atoms with Crippen molar-refractivity contribution in [1.82, 2.24) is 14.5 Å². The molecule has 1 amide bonds. The summed E-state index contributed by atoms with van der Waals surface area (Å²) in [7, 11) is -1.70. The highest BCUT2D eigenvalue weighted by Gasteiger charge is 2.55. The Morgan fingerprint density at radius 3 is 2.52 bits per heavy atom. The topological polar surface area (TPSA) is 69.7 Å². The van der Waals surface area contributed by atoms with Gasteiger partial charge in [-0.2, -0.15) is 0 Å². The lowest BCUT2D eigenvalue weighted by atomic mass is 9.76. The van der Waals surface area contributed by atoms with Crippen LogP contribution in [0.2, 0.25) is 0 Å². The van der Waals surface area contributed by atoms with Gasteiger partial charge in [-0.1, -0.05) is 48.5 Å². The molecule has 3 atom stereocenters. The van der Waals surface area contributed by atoms with Crippen molar-refractivity contribution in [2.24, 2.45) is 5.92 Å². The van der Waals surface area contributed by atoms with Crippen LogP contribution in [0.1, 0.15) is 30.5 Å². The molecule has 1 N–H and O–H groups in total. The van der Waals surface area contributed by atoms with Crippen molar-refractivity contribution in [3.05, 3.63) is 71.5 Å². The summed E-state index contributed by atoms with van der Waals surface area (Å²) in [6, 6.07) is 15.9. The van der Waals surface area contributed by atoms with E-state index in [1.165, 1.54) is 23.4 Å². The minimum absolute atomic E-state index is 0.0282. The monoisotopic (exact) mass is 445 g/mol. The summed E-state index contributed by atoms with van der Waals surface area (Å²) in [6.07, 6.45) is 0.515. The van der Waals surface area contributed by atoms with Crippen LogP contribution in [0.3, 0.4) is 0 Å². The Balaban J connectivity index is 1.65. The molecule has 2 aromatic rings. The molecule has 0 unspecified atom stereocenters. The Morgan fingerprint density at radius 1 is 1.16 bits per heavy atom. The van der Waals surface area contributed by atoms with E-state index in [1.54, 1.807) is 12.1 Å². The van der Waals surface area contributed by atoms with Crippen LogP contribution < -0.4 is 5.32 Å². The summed E-state index contributed by atoms with van der Waals surface area (Å²) < 4.78 is 42.0. The molecule has 2 aliphatic rings. The van der Waals surface area contributed by atoms with Crippen molar-refractivity contribution in [2.75, 3.05) is 26.7 Å². The zero-order chi connectivity index (χ0) is 22.2. The number of benzene rings is 2. The number of hydrogen-bond donors (Lipinski definition) is 1. The van der Waals surface area contributed by atoms with Gasteiger partial charge < -0.3 is 5.32 Å². The van der Waals surface area contributed by atoms with Crippen LogP contribution in [-0.2, 0) is 20.6 Å². The number of halogens is 1. The SMILES string of the molecule is CC(=O)N[C@@]12CCN(S(=O)(=O)Cc3ccccc3F)C[C@@H]1[C@@H](c1ccccc1)N(C)C2. The lowest BCUT2D eigenvalue weighted by Gasteiger charge is -2.44. The summed E-state index contributed by atoms with van der Waals surface area (Å²) in [5, 5.41) is 3.16. The number of likely N-dealkylation sites (tertiary alicyclic amines) is 1. The first-order valence-electron chi connectivity index (χ1n) is 10.5. The Labute approximate surface area is 183 Å². The second-order valence-corrected chi connectivity index (χ2v) is 10.6. The van der Waals surface area contributed by atoms with E-state index in [-0.39, 0.29) is 35.7 Å². The number of amides is 1. The number of fused-ring (bicyclic) bond motifs is 1. The third kappa shape index (κ3) is 4.24. The summed E-state index contributed by atoms with van der Waals surface area (Å²) in [6.45, 7) is 2.73. The van der Waals surface area contributed by atoms with E-state index in [1.807, 2.05) is 37.4 Å².